The smallest absolute Gasteiger partial charge is 0.0925 e. The average Bonchev–Trinajstić information content (AvgIpc) is 2.60. The lowest BCUT2D eigenvalue weighted by Crippen LogP contribution is -1.87. The minimum atomic E-state index is 1.08. The quantitative estimate of drug-likeness (QED) is 0.632. The van der Waals surface area contributed by atoms with Crippen LogP contribution < -0.4 is 0 Å². The van der Waals surface area contributed by atoms with Gasteiger partial charge in [0.1, 0.15) is 0 Å². The molecule has 0 aliphatic rings. The number of unbranched alkanes of at least 4 members (excludes halogenated alkanes) is 3. The lowest BCUT2D eigenvalue weighted by molar-refractivity contribution is 0.661. The summed E-state index contributed by atoms with van der Waals surface area (Å²) < 4.78 is 0. The van der Waals surface area contributed by atoms with E-state index in [0.29, 0.717) is 0 Å². The maximum absolute atomic E-state index is 4.54. The van der Waals surface area contributed by atoms with Crippen LogP contribution in [0, 0.1) is 0 Å². The van der Waals surface area contributed by atoms with Crippen LogP contribution in [0.25, 0.3) is 0 Å². The third-order valence-corrected chi connectivity index (χ3v) is 3.23. The molecule has 74 valence electrons. The topological polar surface area (TPSA) is 12.9 Å². The monoisotopic (exact) mass is 197 g/mol. The standard InChI is InChI=1S/C11H19NS/c1-3-5-6-7-8-10-9-13-11(4-2)12-10/h9H,3-8H2,1-2H3. The van der Waals surface area contributed by atoms with E-state index in [9.17, 15) is 0 Å². The highest BCUT2D eigenvalue weighted by Gasteiger charge is 1.99. The van der Waals surface area contributed by atoms with Crippen molar-refractivity contribution >= 4 is 11.3 Å². The van der Waals surface area contributed by atoms with Gasteiger partial charge in [-0.05, 0) is 19.3 Å². The van der Waals surface area contributed by atoms with Gasteiger partial charge in [-0.2, -0.15) is 0 Å². The van der Waals surface area contributed by atoms with Crippen LogP contribution in [0.1, 0.15) is 50.2 Å². The summed E-state index contributed by atoms with van der Waals surface area (Å²) in [5.74, 6) is 0. The second-order valence-electron chi connectivity index (χ2n) is 3.40. The highest BCUT2D eigenvalue weighted by molar-refractivity contribution is 7.09. The Morgan fingerprint density at radius 3 is 2.69 bits per heavy atom. The molecule has 1 aromatic heterocycles. The third kappa shape index (κ3) is 3.90. The first-order valence-corrected chi connectivity index (χ1v) is 6.18. The Hall–Kier alpha value is -0.370. The van der Waals surface area contributed by atoms with E-state index in [1.807, 2.05) is 0 Å². The summed E-state index contributed by atoms with van der Waals surface area (Å²) in [4.78, 5) is 4.54. The minimum absolute atomic E-state index is 1.08. The Bertz CT molecular complexity index is 230. The fourth-order valence-corrected chi connectivity index (χ4v) is 2.14. The Kier molecular flexibility index (Phi) is 5.06. The number of aryl methyl sites for hydroxylation is 2. The average molecular weight is 197 g/mol. The number of hydrogen-bond donors (Lipinski definition) is 0. The second kappa shape index (κ2) is 6.14. The van der Waals surface area contributed by atoms with Crippen molar-refractivity contribution in [3.05, 3.63) is 16.1 Å². The van der Waals surface area contributed by atoms with Gasteiger partial charge >= 0.3 is 0 Å². The molecule has 0 unspecified atom stereocenters. The molecule has 0 saturated carbocycles. The molecular formula is C11H19NS. The first-order chi connectivity index (χ1) is 6.36. The van der Waals surface area contributed by atoms with Crippen LogP contribution in [0.2, 0.25) is 0 Å². The van der Waals surface area contributed by atoms with Crippen molar-refractivity contribution < 1.29 is 0 Å². The van der Waals surface area contributed by atoms with Gasteiger partial charge < -0.3 is 0 Å². The molecule has 0 aliphatic heterocycles. The lowest BCUT2D eigenvalue weighted by Gasteiger charge is -1.95. The first kappa shape index (κ1) is 10.7. The molecule has 0 bridgehead atoms. The van der Waals surface area contributed by atoms with Crippen molar-refractivity contribution in [3.8, 4) is 0 Å². The number of hydrogen-bond acceptors (Lipinski definition) is 2. The molecule has 0 aromatic carbocycles. The normalized spacial score (nSPS) is 10.6. The van der Waals surface area contributed by atoms with Crippen molar-refractivity contribution in [1.29, 1.82) is 0 Å². The van der Waals surface area contributed by atoms with Crippen LogP contribution in [0.4, 0.5) is 0 Å². The summed E-state index contributed by atoms with van der Waals surface area (Å²) in [7, 11) is 0. The molecule has 0 N–H and O–H groups in total. The zero-order valence-electron chi connectivity index (χ0n) is 8.68. The van der Waals surface area contributed by atoms with Crippen molar-refractivity contribution in [1.82, 2.24) is 4.98 Å². The maximum Gasteiger partial charge on any atom is 0.0925 e. The summed E-state index contributed by atoms with van der Waals surface area (Å²) >= 11 is 1.80. The molecule has 0 fully saturated rings. The number of aromatic nitrogens is 1. The molecule has 1 nitrogen and oxygen atoms in total. The van der Waals surface area contributed by atoms with Gasteiger partial charge in [-0.25, -0.2) is 4.98 Å². The molecule has 1 rings (SSSR count). The first-order valence-electron chi connectivity index (χ1n) is 5.30. The summed E-state index contributed by atoms with van der Waals surface area (Å²) in [6, 6.07) is 0. The predicted octanol–water partition coefficient (Wildman–Crippen LogP) is 3.83. The van der Waals surface area contributed by atoms with Crippen molar-refractivity contribution in [2.24, 2.45) is 0 Å². The molecule has 0 saturated heterocycles. The molecule has 2 heteroatoms. The zero-order chi connectivity index (χ0) is 9.52. The Labute approximate surface area is 85.2 Å². The molecule has 1 heterocycles. The van der Waals surface area contributed by atoms with Crippen LogP contribution in [0.5, 0.6) is 0 Å². The molecule has 13 heavy (non-hydrogen) atoms. The SMILES string of the molecule is CCCCCCc1csc(CC)n1. The van der Waals surface area contributed by atoms with E-state index in [-0.39, 0.29) is 0 Å². The van der Waals surface area contributed by atoms with E-state index in [2.05, 4.69) is 24.2 Å². The van der Waals surface area contributed by atoms with Gasteiger partial charge in [-0.3, -0.25) is 0 Å². The van der Waals surface area contributed by atoms with E-state index in [1.165, 1.54) is 42.8 Å². The molecule has 0 spiro atoms. The van der Waals surface area contributed by atoms with Crippen molar-refractivity contribution in [2.75, 3.05) is 0 Å². The predicted molar refractivity (Wildman–Crippen MR) is 59.3 cm³/mol. The number of rotatable bonds is 6. The molecule has 0 amide bonds. The van der Waals surface area contributed by atoms with E-state index >= 15 is 0 Å². The zero-order valence-corrected chi connectivity index (χ0v) is 9.49. The largest absolute Gasteiger partial charge is 0.246 e. The Balaban J connectivity index is 2.20. The fraction of sp³-hybridized carbons (Fsp3) is 0.727. The van der Waals surface area contributed by atoms with E-state index in [4.69, 9.17) is 0 Å². The second-order valence-corrected chi connectivity index (χ2v) is 4.34. The molecule has 1 aromatic rings. The maximum atomic E-state index is 4.54. The molecular weight excluding hydrogens is 178 g/mol. The minimum Gasteiger partial charge on any atom is -0.246 e. The van der Waals surface area contributed by atoms with Crippen LogP contribution in [-0.2, 0) is 12.8 Å². The summed E-state index contributed by atoms with van der Waals surface area (Å²) in [6.45, 7) is 4.41. The fourth-order valence-electron chi connectivity index (χ4n) is 1.36. The van der Waals surface area contributed by atoms with E-state index in [1.54, 1.807) is 11.3 Å². The van der Waals surface area contributed by atoms with Crippen LogP contribution in [0.15, 0.2) is 5.38 Å². The Morgan fingerprint density at radius 1 is 1.23 bits per heavy atom. The molecule has 0 radical (unpaired) electrons. The van der Waals surface area contributed by atoms with Gasteiger partial charge in [-0.1, -0.05) is 33.1 Å². The Morgan fingerprint density at radius 2 is 2.08 bits per heavy atom. The highest BCUT2D eigenvalue weighted by atomic mass is 32.1. The van der Waals surface area contributed by atoms with Crippen LogP contribution in [0.3, 0.4) is 0 Å². The highest BCUT2D eigenvalue weighted by Crippen LogP contribution is 2.13. The van der Waals surface area contributed by atoms with Gasteiger partial charge in [0.05, 0.1) is 10.7 Å². The van der Waals surface area contributed by atoms with Crippen LogP contribution >= 0.6 is 11.3 Å². The summed E-state index contributed by atoms with van der Waals surface area (Å²) in [5.41, 5.74) is 1.30. The third-order valence-electron chi connectivity index (χ3n) is 2.19. The van der Waals surface area contributed by atoms with E-state index in [0.717, 1.165) is 6.42 Å². The van der Waals surface area contributed by atoms with Crippen molar-refractivity contribution in [2.45, 2.75) is 52.4 Å². The molecule has 0 atom stereocenters. The van der Waals surface area contributed by atoms with Gasteiger partial charge in [0.25, 0.3) is 0 Å². The summed E-state index contributed by atoms with van der Waals surface area (Å²) in [5, 5.41) is 3.50. The number of thiazole rings is 1. The molecule has 0 aliphatic carbocycles. The van der Waals surface area contributed by atoms with Crippen LogP contribution in [-0.4, -0.2) is 4.98 Å². The van der Waals surface area contributed by atoms with Gasteiger partial charge in [0, 0.05) is 5.38 Å². The van der Waals surface area contributed by atoms with Crippen molar-refractivity contribution in [3.63, 3.8) is 0 Å². The summed E-state index contributed by atoms with van der Waals surface area (Å²) in [6.07, 6.45) is 7.61. The van der Waals surface area contributed by atoms with Gasteiger partial charge in [0.15, 0.2) is 0 Å². The van der Waals surface area contributed by atoms with Gasteiger partial charge in [0.2, 0.25) is 0 Å². The van der Waals surface area contributed by atoms with E-state index < -0.39 is 0 Å². The number of nitrogens with zero attached hydrogens (tertiary/aromatic N) is 1. The lowest BCUT2D eigenvalue weighted by atomic mass is 10.1. The van der Waals surface area contributed by atoms with Gasteiger partial charge in [-0.15, -0.1) is 11.3 Å².